The fourth-order valence-electron chi connectivity index (χ4n) is 8.16. The highest BCUT2D eigenvalue weighted by Crippen LogP contribution is 2.58. The zero-order valence-corrected chi connectivity index (χ0v) is 28.6. The van der Waals surface area contributed by atoms with E-state index < -0.39 is 165 Å². The Bertz CT molecular complexity index is 1300. The largest absolute Gasteiger partial charge is 0.394 e. The Hall–Kier alpha value is -0.920. The van der Waals surface area contributed by atoms with E-state index >= 15 is 0 Å². The van der Waals surface area contributed by atoms with E-state index in [9.17, 15) is 86.8 Å². The molecule has 5 fully saturated rings. The lowest BCUT2D eigenvalue weighted by atomic mass is 9.55. The summed E-state index contributed by atoms with van der Waals surface area (Å²) in [7, 11) is 0. The van der Waals surface area contributed by atoms with Crippen molar-refractivity contribution in [2.45, 2.75) is 172 Å². The molecule has 0 bridgehead atoms. The summed E-state index contributed by atoms with van der Waals surface area (Å²) in [4.78, 5) is 0. The quantitative estimate of drug-likeness (QED) is 0.114. The van der Waals surface area contributed by atoms with Gasteiger partial charge in [0.25, 0.3) is 0 Å². The van der Waals surface area contributed by atoms with Crippen molar-refractivity contribution in [2.24, 2.45) is 0 Å². The van der Waals surface area contributed by atoms with Crippen LogP contribution in [0, 0.1) is 0 Å². The third-order valence-corrected chi connectivity index (χ3v) is 11.4. The maximum atomic E-state index is 13.6. The molecule has 23 nitrogen and oxygen atoms in total. The maximum Gasteiger partial charge on any atom is 0.190 e. The molecule has 17 N–H and O–H groups in total. The van der Waals surface area contributed by atoms with Gasteiger partial charge in [-0.2, -0.15) is 0 Å². The minimum absolute atomic E-state index is 1.06. The normalized spacial score (nSPS) is 61.4. The molecule has 5 saturated heterocycles. The lowest BCUT2D eigenvalue weighted by Crippen LogP contribution is -2.94. The van der Waals surface area contributed by atoms with E-state index in [4.69, 9.17) is 29.8 Å². The Morgan fingerprint density at radius 3 is 1.38 bits per heavy atom. The average molecular weight is 782 g/mol. The highest BCUT2D eigenvalue weighted by atomic mass is 16.8. The fourth-order valence-corrected chi connectivity index (χ4v) is 8.16. The van der Waals surface area contributed by atoms with Crippen LogP contribution >= 0.6 is 0 Å². The lowest BCUT2D eigenvalue weighted by molar-refractivity contribution is -0.492. The standard InChI is InChI=1S/C30H52O23/c1-6-11(33)15(37)19(41)23(48-6)28(46)27(45)52-10(5-32)29(24-20(42)16(38)12(34)7(2)49-24,53-26-22(44)18(40)14(36)9(4-31)51-26)30(28,47)25-21(43)17(39)13(35)8(3)50-25/h6-27,31-47H,4-5H2,1-3H3/t6-,7-,8-,9+,10+,11+,12+,13+,14-,15+,16+,17+,18-,19-,20-,21-,22+,23?,24?,25?,26-,27?,28-,29-,30+/m0/s1/i27D. The Balaban J connectivity index is 1.92. The van der Waals surface area contributed by atoms with Crippen LogP contribution in [0.15, 0.2) is 0 Å². The highest BCUT2D eigenvalue weighted by Gasteiger charge is 2.85. The molecule has 0 aromatic heterocycles. The number of hydrogen-bond acceptors (Lipinski definition) is 23. The second kappa shape index (κ2) is 15.4. The Labute approximate surface area is 302 Å². The first kappa shape index (κ1) is 41.7. The summed E-state index contributed by atoms with van der Waals surface area (Å²) >= 11 is 0. The SMILES string of the molecule is [2H]C1(O)O[C@H](CO)[C@](O[C@@H]2O[C@H](CO)[C@H](O)[C@H](O)[C@H]2O)(C2O[C@@H](C)[C@@H](O)[C@@H](O)[C@@H]2O)[C@@](O)(C2O[C@@H](C)[C@@H](O)[C@@H](O)[C@@H]2O)[C@]1(O)C1O[C@@H](C)[C@@H](O)[C@@H](O)[C@@H]1O. The van der Waals surface area contributed by atoms with Crippen LogP contribution in [0.2, 0.25) is 0 Å². The molecule has 53 heavy (non-hydrogen) atoms. The molecule has 5 aliphatic rings. The van der Waals surface area contributed by atoms with Crippen LogP contribution in [-0.2, 0) is 28.4 Å². The van der Waals surface area contributed by atoms with Gasteiger partial charge in [-0.25, -0.2) is 0 Å². The first-order valence-electron chi connectivity index (χ1n) is 17.5. The molecule has 0 aromatic rings. The Morgan fingerprint density at radius 1 is 0.491 bits per heavy atom. The number of aliphatic hydroxyl groups is 17. The molecule has 5 rings (SSSR count). The van der Waals surface area contributed by atoms with Crippen LogP contribution in [0.3, 0.4) is 0 Å². The second-order valence-electron chi connectivity index (χ2n) is 14.4. The fraction of sp³-hybridized carbons (Fsp3) is 1.00. The van der Waals surface area contributed by atoms with Crippen molar-refractivity contribution in [1.82, 2.24) is 0 Å². The summed E-state index contributed by atoms with van der Waals surface area (Å²) in [6.07, 6.45) is -52.3. The van der Waals surface area contributed by atoms with E-state index in [1.807, 2.05) is 0 Å². The van der Waals surface area contributed by atoms with Gasteiger partial charge in [-0.05, 0) is 20.8 Å². The molecule has 4 unspecified atom stereocenters. The van der Waals surface area contributed by atoms with Crippen molar-refractivity contribution in [3.63, 3.8) is 0 Å². The number of hydrogen-bond donors (Lipinski definition) is 17. The van der Waals surface area contributed by atoms with Gasteiger partial charge in [0.05, 0.1) is 32.9 Å². The zero-order valence-electron chi connectivity index (χ0n) is 29.6. The summed E-state index contributed by atoms with van der Waals surface area (Å²) in [5.74, 6) is 0. The summed E-state index contributed by atoms with van der Waals surface area (Å²) in [5, 5.41) is 191. The van der Waals surface area contributed by atoms with Gasteiger partial charge < -0.3 is 115 Å². The smallest absolute Gasteiger partial charge is 0.190 e. The third-order valence-electron chi connectivity index (χ3n) is 11.4. The van der Waals surface area contributed by atoms with Gasteiger partial charge in [-0.1, -0.05) is 0 Å². The van der Waals surface area contributed by atoms with Crippen molar-refractivity contribution < 1.29 is 117 Å². The molecule has 5 aliphatic heterocycles. The number of rotatable bonds is 7. The molecular weight excluding hydrogens is 728 g/mol. The predicted molar refractivity (Wildman–Crippen MR) is 163 cm³/mol. The van der Waals surface area contributed by atoms with Gasteiger partial charge in [0.15, 0.2) is 29.4 Å². The van der Waals surface area contributed by atoms with Gasteiger partial charge in [-0.3, -0.25) is 0 Å². The minimum atomic E-state index is -4.28. The van der Waals surface area contributed by atoms with Gasteiger partial charge in [0, 0.05) is 0 Å². The topological polar surface area (TPSA) is 399 Å². The van der Waals surface area contributed by atoms with E-state index in [-0.39, 0.29) is 0 Å². The molecule has 0 aliphatic carbocycles. The van der Waals surface area contributed by atoms with Crippen LogP contribution in [0.25, 0.3) is 0 Å². The molecule has 0 spiro atoms. The Morgan fingerprint density at radius 2 is 0.906 bits per heavy atom. The van der Waals surface area contributed by atoms with Crippen LogP contribution in [0.1, 0.15) is 22.1 Å². The van der Waals surface area contributed by atoms with Gasteiger partial charge in [0.1, 0.15) is 104 Å². The summed E-state index contributed by atoms with van der Waals surface area (Å²) in [5.41, 5.74) is -12.3. The molecule has 310 valence electrons. The van der Waals surface area contributed by atoms with E-state index in [0.717, 1.165) is 20.8 Å². The zero-order chi connectivity index (χ0) is 40.8. The molecular formula is C30H52O23. The first-order valence-corrected chi connectivity index (χ1v) is 17.0. The predicted octanol–water partition coefficient (Wildman–Crippen LogP) is -10.7. The lowest BCUT2D eigenvalue weighted by Gasteiger charge is -2.69. The van der Waals surface area contributed by atoms with E-state index in [0.29, 0.717) is 0 Å². The van der Waals surface area contributed by atoms with Crippen molar-refractivity contribution in [3.8, 4) is 0 Å². The summed E-state index contributed by atoms with van der Waals surface area (Å²) < 4.78 is 43.2. The molecule has 25 atom stereocenters. The van der Waals surface area contributed by atoms with Gasteiger partial charge in [-0.15, -0.1) is 0 Å². The van der Waals surface area contributed by atoms with Crippen LogP contribution in [0.4, 0.5) is 0 Å². The van der Waals surface area contributed by atoms with Crippen molar-refractivity contribution >= 4 is 0 Å². The van der Waals surface area contributed by atoms with E-state index in [2.05, 4.69) is 0 Å². The summed E-state index contributed by atoms with van der Waals surface area (Å²) in [6.45, 7) is 0.520. The first-order chi connectivity index (χ1) is 24.9. The molecule has 0 aromatic carbocycles. The second-order valence-corrected chi connectivity index (χ2v) is 14.4. The Kier molecular flexibility index (Phi) is 12.2. The van der Waals surface area contributed by atoms with Gasteiger partial charge in [0.2, 0.25) is 0 Å². The highest BCUT2D eigenvalue weighted by molar-refractivity contribution is 5.31. The number of ether oxygens (including phenoxy) is 6. The van der Waals surface area contributed by atoms with Crippen LogP contribution in [0.5, 0.6) is 0 Å². The molecule has 0 radical (unpaired) electrons. The molecule has 5 heterocycles. The third kappa shape index (κ3) is 6.27. The van der Waals surface area contributed by atoms with Crippen LogP contribution < -0.4 is 0 Å². The molecule has 0 saturated carbocycles. The van der Waals surface area contributed by atoms with E-state index in [1.165, 1.54) is 0 Å². The van der Waals surface area contributed by atoms with Crippen LogP contribution in [-0.4, -0.2) is 251 Å². The molecule has 23 heteroatoms. The monoisotopic (exact) mass is 781 g/mol. The molecule has 0 amide bonds. The van der Waals surface area contributed by atoms with E-state index in [1.54, 1.807) is 0 Å². The van der Waals surface area contributed by atoms with Crippen molar-refractivity contribution in [3.05, 3.63) is 0 Å². The maximum absolute atomic E-state index is 13.6. The number of aliphatic hydroxyl groups excluding tert-OH is 14. The van der Waals surface area contributed by atoms with Crippen molar-refractivity contribution in [1.29, 1.82) is 0 Å². The van der Waals surface area contributed by atoms with Gasteiger partial charge >= 0.3 is 0 Å². The minimum Gasteiger partial charge on any atom is -0.394 e. The summed E-state index contributed by atoms with van der Waals surface area (Å²) in [6, 6.07) is 0. The van der Waals surface area contributed by atoms with Crippen molar-refractivity contribution in [2.75, 3.05) is 13.2 Å². The average Bonchev–Trinajstić information content (AvgIpc) is 3.13.